The van der Waals surface area contributed by atoms with Crippen LogP contribution in [-0.2, 0) is 14.3 Å². The first-order valence-electron chi connectivity index (χ1n) is 12.5. The van der Waals surface area contributed by atoms with E-state index in [9.17, 15) is 19.2 Å². The van der Waals surface area contributed by atoms with Crippen LogP contribution >= 0.6 is 0 Å². The van der Waals surface area contributed by atoms with Crippen molar-refractivity contribution >= 4 is 40.3 Å². The maximum atomic E-state index is 13.1. The van der Waals surface area contributed by atoms with Crippen molar-refractivity contribution in [2.24, 2.45) is 0 Å². The molecule has 0 radical (unpaired) electrons. The first-order chi connectivity index (χ1) is 18.4. The van der Waals surface area contributed by atoms with Gasteiger partial charge in [-0.1, -0.05) is 18.2 Å². The molecule has 10 nitrogen and oxygen atoms in total. The van der Waals surface area contributed by atoms with Gasteiger partial charge in [-0.2, -0.15) is 0 Å². The van der Waals surface area contributed by atoms with E-state index in [4.69, 9.17) is 9.47 Å². The summed E-state index contributed by atoms with van der Waals surface area (Å²) in [6, 6.07) is 14.9. The fourth-order valence-corrected chi connectivity index (χ4v) is 4.71. The van der Waals surface area contributed by atoms with Gasteiger partial charge >= 0.3 is 6.09 Å². The number of piperazine rings is 1. The number of Topliss-reactive ketones (excluding diaryl/α,β-unsaturated/α-hetero) is 1. The molecule has 2 saturated heterocycles. The molecule has 2 aromatic carbocycles. The molecule has 0 spiro atoms. The molecule has 2 fully saturated rings. The lowest BCUT2D eigenvalue weighted by Crippen LogP contribution is -2.55. The van der Waals surface area contributed by atoms with Crippen LogP contribution in [0.25, 0.3) is 10.9 Å². The van der Waals surface area contributed by atoms with Crippen molar-refractivity contribution in [3.05, 3.63) is 71.9 Å². The summed E-state index contributed by atoms with van der Waals surface area (Å²) in [6.45, 7) is 4.03. The van der Waals surface area contributed by atoms with Gasteiger partial charge in [0.15, 0.2) is 0 Å². The zero-order valence-electron chi connectivity index (χ0n) is 21.0. The highest BCUT2D eigenvalue weighted by Gasteiger charge is 2.32. The number of carbonyl (C=O) groups is 4. The van der Waals surface area contributed by atoms with Gasteiger partial charge in [0.25, 0.3) is 17.6 Å². The third-order valence-electron chi connectivity index (χ3n) is 6.78. The molecule has 3 aromatic rings. The smallest absolute Gasteiger partial charge is 0.410 e. The van der Waals surface area contributed by atoms with E-state index in [0.717, 1.165) is 5.39 Å². The van der Waals surface area contributed by atoms with Crippen LogP contribution in [0, 0.1) is 0 Å². The normalized spacial score (nSPS) is 19.3. The third kappa shape index (κ3) is 5.35. The molecule has 0 unspecified atom stereocenters. The average Bonchev–Trinajstić information content (AvgIpc) is 3.45. The van der Waals surface area contributed by atoms with Gasteiger partial charge in [-0.05, 0) is 43.3 Å². The molecular weight excluding hydrogens is 488 g/mol. The second-order valence-corrected chi connectivity index (χ2v) is 9.40. The summed E-state index contributed by atoms with van der Waals surface area (Å²) in [5, 5.41) is 3.37. The van der Waals surface area contributed by atoms with Gasteiger partial charge in [0.05, 0.1) is 24.3 Å². The summed E-state index contributed by atoms with van der Waals surface area (Å²) in [7, 11) is 0. The van der Waals surface area contributed by atoms with Gasteiger partial charge in [0.1, 0.15) is 6.10 Å². The van der Waals surface area contributed by atoms with Crippen LogP contribution in [0.2, 0.25) is 0 Å². The molecular formula is C28H28N4O6. The van der Waals surface area contributed by atoms with Crippen molar-refractivity contribution in [1.29, 1.82) is 0 Å². The summed E-state index contributed by atoms with van der Waals surface area (Å²) in [4.78, 5) is 58.6. The first-order valence-corrected chi connectivity index (χ1v) is 12.5. The Labute approximate surface area is 219 Å². The molecule has 196 valence electrons. The summed E-state index contributed by atoms with van der Waals surface area (Å²) < 4.78 is 10.7. The number of anilines is 1. The number of hydrogen-bond donors (Lipinski definition) is 1. The number of ether oxygens (including phenoxy) is 2. The minimum absolute atomic E-state index is 0.175. The van der Waals surface area contributed by atoms with Gasteiger partial charge in [-0.3, -0.25) is 19.4 Å². The SMILES string of the molecule is C[C@H]1CN(C(=O)O[C@@H]2CCOC2)CCN1C(=O)c1ccc(NC(=O)C(=O)c2cccc3cccnc23)cc1. The number of rotatable bonds is 5. The van der Waals surface area contributed by atoms with Gasteiger partial charge in [0, 0.05) is 54.9 Å². The molecule has 0 saturated carbocycles. The number of pyridine rings is 1. The fourth-order valence-electron chi connectivity index (χ4n) is 4.71. The lowest BCUT2D eigenvalue weighted by Gasteiger charge is -2.39. The summed E-state index contributed by atoms with van der Waals surface area (Å²) in [5.74, 6) is -1.66. The van der Waals surface area contributed by atoms with Crippen LogP contribution in [-0.4, -0.2) is 83.5 Å². The molecule has 3 heterocycles. The molecule has 38 heavy (non-hydrogen) atoms. The third-order valence-corrected chi connectivity index (χ3v) is 6.78. The number of hydrogen-bond acceptors (Lipinski definition) is 7. The van der Waals surface area contributed by atoms with Crippen molar-refractivity contribution in [3.63, 3.8) is 0 Å². The van der Waals surface area contributed by atoms with Crippen molar-refractivity contribution in [3.8, 4) is 0 Å². The molecule has 3 amide bonds. The predicted molar refractivity (Wildman–Crippen MR) is 139 cm³/mol. The molecule has 10 heteroatoms. The number of aromatic nitrogens is 1. The van der Waals surface area contributed by atoms with E-state index < -0.39 is 11.7 Å². The zero-order valence-corrected chi connectivity index (χ0v) is 21.0. The zero-order chi connectivity index (χ0) is 26.6. The molecule has 2 aliphatic rings. The van der Waals surface area contributed by atoms with Crippen molar-refractivity contribution in [2.45, 2.75) is 25.5 Å². The maximum absolute atomic E-state index is 13.1. The van der Waals surface area contributed by atoms with E-state index in [1.54, 1.807) is 58.5 Å². The average molecular weight is 517 g/mol. The highest BCUT2D eigenvalue weighted by atomic mass is 16.6. The van der Waals surface area contributed by atoms with Crippen molar-refractivity contribution in [2.75, 3.05) is 38.2 Å². The Bertz CT molecular complexity index is 1360. The predicted octanol–water partition coefficient (Wildman–Crippen LogP) is 3.13. The number of para-hydroxylation sites is 1. The monoisotopic (exact) mass is 516 g/mol. The van der Waals surface area contributed by atoms with Gasteiger partial charge in [-0.15, -0.1) is 0 Å². The summed E-state index contributed by atoms with van der Waals surface area (Å²) in [6.07, 6.45) is 1.68. The highest BCUT2D eigenvalue weighted by molar-refractivity contribution is 6.48. The number of ketones is 1. The Kier molecular flexibility index (Phi) is 7.32. The Morgan fingerprint density at radius 1 is 1.03 bits per heavy atom. The summed E-state index contributed by atoms with van der Waals surface area (Å²) in [5.41, 5.74) is 1.52. The number of amides is 3. The second kappa shape index (κ2) is 11.0. The van der Waals surface area contributed by atoms with Crippen LogP contribution in [0.4, 0.5) is 10.5 Å². The number of nitrogens with one attached hydrogen (secondary N) is 1. The Morgan fingerprint density at radius 2 is 1.82 bits per heavy atom. The fraction of sp³-hybridized carbons (Fsp3) is 0.321. The van der Waals surface area contributed by atoms with E-state index in [1.165, 1.54) is 0 Å². The lowest BCUT2D eigenvalue weighted by atomic mass is 10.1. The van der Waals surface area contributed by atoms with Crippen LogP contribution in [0.15, 0.2) is 60.8 Å². The topological polar surface area (TPSA) is 118 Å². The Hall–Kier alpha value is -4.31. The van der Waals surface area contributed by atoms with Gasteiger partial charge in [-0.25, -0.2) is 4.79 Å². The van der Waals surface area contributed by atoms with Crippen molar-refractivity contribution < 1.29 is 28.7 Å². The van der Waals surface area contributed by atoms with Crippen LogP contribution < -0.4 is 5.32 Å². The van der Waals surface area contributed by atoms with E-state index in [-0.39, 0.29) is 29.7 Å². The van der Waals surface area contributed by atoms with E-state index in [0.29, 0.717) is 56.0 Å². The number of fused-ring (bicyclic) bond motifs is 1. The van der Waals surface area contributed by atoms with E-state index in [2.05, 4.69) is 10.3 Å². The first kappa shape index (κ1) is 25.3. The van der Waals surface area contributed by atoms with Gasteiger partial charge in [0.2, 0.25) is 0 Å². The molecule has 2 aliphatic heterocycles. The summed E-state index contributed by atoms with van der Waals surface area (Å²) >= 11 is 0. The molecule has 0 aliphatic carbocycles. The number of benzene rings is 2. The van der Waals surface area contributed by atoms with Gasteiger partial charge < -0.3 is 24.6 Å². The Morgan fingerprint density at radius 3 is 2.55 bits per heavy atom. The lowest BCUT2D eigenvalue weighted by molar-refractivity contribution is -0.112. The van der Waals surface area contributed by atoms with Crippen LogP contribution in [0.5, 0.6) is 0 Å². The molecule has 1 N–H and O–H groups in total. The molecule has 2 atom stereocenters. The molecule has 5 rings (SSSR count). The standard InChI is InChI=1S/C28H28N4O6/c1-18-16-31(28(36)38-22-11-15-37-17-22)13-14-32(18)27(35)20-7-9-21(10-8-20)30-26(34)25(33)23-6-2-4-19-5-3-12-29-24(19)23/h2-10,12,18,22H,11,13-17H2,1H3,(H,30,34)/t18-,22+/m0/s1. The van der Waals surface area contributed by atoms with E-state index in [1.807, 2.05) is 19.1 Å². The highest BCUT2D eigenvalue weighted by Crippen LogP contribution is 2.20. The maximum Gasteiger partial charge on any atom is 0.410 e. The quantitative estimate of drug-likeness (QED) is 0.409. The number of carbonyl (C=O) groups excluding carboxylic acids is 4. The van der Waals surface area contributed by atoms with Crippen LogP contribution in [0.3, 0.4) is 0 Å². The van der Waals surface area contributed by atoms with E-state index >= 15 is 0 Å². The second-order valence-electron chi connectivity index (χ2n) is 9.40. The molecule has 1 aromatic heterocycles. The minimum atomic E-state index is -0.789. The Balaban J connectivity index is 1.18. The largest absolute Gasteiger partial charge is 0.444 e. The molecule has 0 bridgehead atoms. The van der Waals surface area contributed by atoms with Crippen molar-refractivity contribution in [1.82, 2.24) is 14.8 Å². The number of nitrogens with zero attached hydrogens (tertiary/aromatic N) is 3. The van der Waals surface area contributed by atoms with Crippen LogP contribution in [0.1, 0.15) is 34.1 Å². The minimum Gasteiger partial charge on any atom is -0.444 e.